The molecule has 0 spiro atoms. The third-order valence-corrected chi connectivity index (χ3v) is 2.97. The van der Waals surface area contributed by atoms with Gasteiger partial charge >= 0.3 is 0 Å². The van der Waals surface area contributed by atoms with Gasteiger partial charge in [0.05, 0.1) is 6.54 Å². The molecule has 0 aliphatic rings. The molecule has 0 aliphatic heterocycles. The summed E-state index contributed by atoms with van der Waals surface area (Å²) in [6, 6.07) is 14.3. The number of nitriles is 1. The van der Waals surface area contributed by atoms with Gasteiger partial charge in [0.25, 0.3) is 0 Å². The zero-order chi connectivity index (χ0) is 15.8. The Morgan fingerprint density at radius 2 is 2.09 bits per heavy atom. The fraction of sp³-hybridized carbons (Fsp3) is 0.250. The maximum atomic E-state index is 11.9. The van der Waals surface area contributed by atoms with E-state index in [1.54, 1.807) is 24.3 Å². The monoisotopic (exact) mass is 299 g/mol. The maximum absolute atomic E-state index is 11.9. The number of aliphatic hydroxyl groups excluding tert-OH is 1. The minimum Gasteiger partial charge on any atom is -0.491 e. The minimum atomic E-state index is -0.729. The van der Waals surface area contributed by atoms with Crippen LogP contribution < -0.4 is 10.1 Å². The van der Waals surface area contributed by atoms with Crippen LogP contribution in [0.15, 0.2) is 48.7 Å². The van der Waals surface area contributed by atoms with Gasteiger partial charge in [-0.25, -0.2) is 0 Å². The van der Waals surface area contributed by atoms with E-state index in [1.165, 1.54) is 10.8 Å². The summed E-state index contributed by atoms with van der Waals surface area (Å²) < 4.78 is 6.69. The van der Waals surface area contributed by atoms with Crippen molar-refractivity contribution >= 4 is 5.91 Å². The molecule has 0 aliphatic carbocycles. The zero-order valence-corrected chi connectivity index (χ0v) is 12.0. The van der Waals surface area contributed by atoms with Crippen LogP contribution in [0, 0.1) is 11.3 Å². The topological polar surface area (TPSA) is 87.3 Å². The Balaban J connectivity index is 1.70. The van der Waals surface area contributed by atoms with Gasteiger partial charge in [0, 0.05) is 12.7 Å². The van der Waals surface area contributed by atoms with Crippen molar-refractivity contribution in [3.8, 4) is 11.8 Å². The van der Waals surface area contributed by atoms with Crippen molar-refractivity contribution in [2.75, 3.05) is 19.7 Å². The summed E-state index contributed by atoms with van der Waals surface area (Å²) in [5.74, 6) is 0.432. The molecule has 0 saturated carbocycles. The van der Waals surface area contributed by atoms with Crippen LogP contribution in [0.5, 0.6) is 5.75 Å². The van der Waals surface area contributed by atoms with E-state index in [9.17, 15) is 9.90 Å². The van der Waals surface area contributed by atoms with Crippen LogP contribution in [-0.2, 0) is 0 Å². The minimum absolute atomic E-state index is 0.0335. The molecular weight excluding hydrogens is 282 g/mol. The Bertz CT molecular complexity index is 646. The molecule has 2 rings (SSSR count). The molecule has 2 N–H and O–H groups in total. The Morgan fingerprint density at radius 1 is 1.32 bits per heavy atom. The van der Waals surface area contributed by atoms with Crippen LogP contribution in [0.3, 0.4) is 0 Å². The Hall–Kier alpha value is -2.62. The van der Waals surface area contributed by atoms with Crippen LogP contribution in [-0.4, -0.2) is 41.4 Å². The van der Waals surface area contributed by atoms with E-state index in [-0.39, 0.29) is 25.6 Å². The van der Waals surface area contributed by atoms with Crippen LogP contribution in [0.25, 0.3) is 0 Å². The lowest BCUT2D eigenvalue weighted by Gasteiger charge is -2.13. The average molecular weight is 299 g/mol. The zero-order valence-electron chi connectivity index (χ0n) is 12.0. The van der Waals surface area contributed by atoms with E-state index in [2.05, 4.69) is 5.32 Å². The van der Waals surface area contributed by atoms with Gasteiger partial charge in [0.1, 0.15) is 30.2 Å². The second-order valence-corrected chi connectivity index (χ2v) is 4.68. The number of carbonyl (C=O) groups excluding carboxylic acids is 1. The van der Waals surface area contributed by atoms with E-state index in [0.29, 0.717) is 11.4 Å². The molecule has 0 radical (unpaired) electrons. The van der Waals surface area contributed by atoms with Gasteiger partial charge < -0.3 is 15.2 Å². The predicted molar refractivity (Wildman–Crippen MR) is 80.6 cm³/mol. The fourth-order valence-electron chi connectivity index (χ4n) is 1.89. The highest BCUT2D eigenvalue weighted by atomic mass is 16.5. The second kappa shape index (κ2) is 7.98. The van der Waals surface area contributed by atoms with E-state index in [4.69, 9.17) is 10.00 Å². The lowest BCUT2D eigenvalue weighted by molar-refractivity contribution is 0.0878. The average Bonchev–Trinajstić information content (AvgIpc) is 3.02. The number of nitrogens with zero attached hydrogens (tertiary/aromatic N) is 2. The van der Waals surface area contributed by atoms with Crippen molar-refractivity contribution in [3.05, 3.63) is 54.4 Å². The van der Waals surface area contributed by atoms with Gasteiger partial charge in [-0.3, -0.25) is 9.36 Å². The maximum Gasteiger partial charge on any atom is 0.245 e. The van der Waals surface area contributed by atoms with Gasteiger partial charge in [-0.1, -0.05) is 18.2 Å². The molecule has 6 nitrogen and oxygen atoms in total. The van der Waals surface area contributed by atoms with Crippen molar-refractivity contribution in [1.29, 1.82) is 5.26 Å². The van der Waals surface area contributed by atoms with Crippen molar-refractivity contribution in [1.82, 2.24) is 9.88 Å². The molecular formula is C16H17N3O3. The Labute approximate surface area is 128 Å². The molecule has 0 amide bonds. The standard InChI is InChI=1S/C16H17N3O3/c17-9-13-5-4-8-19(13)16(21)11-18-10-14(20)12-22-15-6-2-1-3-7-15/h1-8,14,18,20H,10-12H2. The van der Waals surface area contributed by atoms with Crippen LogP contribution in [0.1, 0.15) is 10.5 Å². The first-order valence-corrected chi connectivity index (χ1v) is 6.88. The highest BCUT2D eigenvalue weighted by molar-refractivity contribution is 5.82. The number of aliphatic hydroxyl groups is 1. The third-order valence-electron chi connectivity index (χ3n) is 2.97. The van der Waals surface area contributed by atoms with Gasteiger partial charge in [-0.05, 0) is 24.3 Å². The van der Waals surface area contributed by atoms with Crippen LogP contribution in [0.4, 0.5) is 0 Å². The number of para-hydroxylation sites is 1. The molecule has 1 aromatic heterocycles. The first kappa shape index (κ1) is 15.8. The summed E-state index contributed by atoms with van der Waals surface area (Å²) in [7, 11) is 0. The molecule has 6 heteroatoms. The lowest BCUT2D eigenvalue weighted by atomic mass is 10.3. The highest BCUT2D eigenvalue weighted by Gasteiger charge is 2.10. The van der Waals surface area contributed by atoms with E-state index in [0.717, 1.165) is 0 Å². The quantitative estimate of drug-likeness (QED) is 0.797. The largest absolute Gasteiger partial charge is 0.491 e. The predicted octanol–water partition coefficient (Wildman–Crippen LogP) is 1.03. The van der Waals surface area contributed by atoms with E-state index < -0.39 is 6.10 Å². The first-order chi connectivity index (χ1) is 10.7. The molecule has 114 valence electrons. The lowest BCUT2D eigenvalue weighted by Crippen LogP contribution is -2.36. The Morgan fingerprint density at radius 3 is 2.82 bits per heavy atom. The summed E-state index contributed by atoms with van der Waals surface area (Å²) in [4.78, 5) is 11.9. The number of ether oxygens (including phenoxy) is 1. The number of rotatable bonds is 7. The second-order valence-electron chi connectivity index (χ2n) is 4.68. The molecule has 1 atom stereocenters. The van der Waals surface area contributed by atoms with Gasteiger partial charge in [0.15, 0.2) is 0 Å². The molecule has 1 unspecified atom stereocenters. The first-order valence-electron chi connectivity index (χ1n) is 6.88. The van der Waals surface area contributed by atoms with Crippen LogP contribution >= 0.6 is 0 Å². The van der Waals surface area contributed by atoms with Crippen molar-refractivity contribution in [2.45, 2.75) is 6.10 Å². The number of hydrogen-bond acceptors (Lipinski definition) is 5. The summed E-state index contributed by atoms with van der Waals surface area (Å²) in [6.45, 7) is 0.394. The van der Waals surface area contributed by atoms with Crippen molar-refractivity contribution in [2.24, 2.45) is 0 Å². The molecule has 1 heterocycles. The van der Waals surface area contributed by atoms with Gasteiger partial charge in [-0.15, -0.1) is 0 Å². The number of benzene rings is 1. The highest BCUT2D eigenvalue weighted by Crippen LogP contribution is 2.08. The number of nitrogens with one attached hydrogen (secondary N) is 1. The molecule has 0 bridgehead atoms. The summed E-state index contributed by atoms with van der Waals surface area (Å²) in [5.41, 5.74) is 0.291. The molecule has 0 saturated heterocycles. The van der Waals surface area contributed by atoms with E-state index in [1.807, 2.05) is 24.3 Å². The van der Waals surface area contributed by atoms with Gasteiger partial charge in [0.2, 0.25) is 5.91 Å². The van der Waals surface area contributed by atoms with Crippen LogP contribution in [0.2, 0.25) is 0 Å². The van der Waals surface area contributed by atoms with Gasteiger partial charge in [-0.2, -0.15) is 5.26 Å². The molecule has 22 heavy (non-hydrogen) atoms. The molecule has 1 aromatic carbocycles. The third kappa shape index (κ3) is 4.45. The SMILES string of the molecule is N#Cc1cccn1C(=O)CNCC(O)COc1ccccc1. The molecule has 0 fully saturated rings. The number of hydrogen-bond donors (Lipinski definition) is 2. The normalized spacial score (nSPS) is 11.6. The van der Waals surface area contributed by atoms with Crippen molar-refractivity contribution in [3.63, 3.8) is 0 Å². The number of aromatic nitrogens is 1. The smallest absolute Gasteiger partial charge is 0.245 e. The summed E-state index contributed by atoms with van der Waals surface area (Å²) in [5, 5.41) is 21.5. The van der Waals surface area contributed by atoms with E-state index >= 15 is 0 Å². The summed E-state index contributed by atoms with van der Waals surface area (Å²) in [6.07, 6.45) is 0.811. The summed E-state index contributed by atoms with van der Waals surface area (Å²) >= 11 is 0. The fourth-order valence-corrected chi connectivity index (χ4v) is 1.89. The van der Waals surface area contributed by atoms with Crippen molar-refractivity contribution < 1.29 is 14.6 Å². The Kier molecular flexibility index (Phi) is 5.72. The number of carbonyl (C=O) groups is 1. The molecule has 2 aromatic rings.